The van der Waals surface area contributed by atoms with Crippen molar-refractivity contribution in [1.29, 1.82) is 0 Å². The molecule has 2 aromatic carbocycles. The normalized spacial score (nSPS) is 10.5. The summed E-state index contributed by atoms with van der Waals surface area (Å²) in [6.45, 7) is 3.33. The third-order valence-electron chi connectivity index (χ3n) is 2.85. The van der Waals surface area contributed by atoms with Crippen LogP contribution in [0.1, 0.15) is 18.9 Å². The third-order valence-corrected chi connectivity index (χ3v) is 3.40. The minimum absolute atomic E-state index is 0.00466. The van der Waals surface area contributed by atoms with Crippen molar-refractivity contribution in [3.63, 3.8) is 0 Å². The number of benzene rings is 2. The first kappa shape index (κ1) is 15.9. The zero-order chi connectivity index (χ0) is 15.2. The van der Waals surface area contributed by atoms with Crippen LogP contribution >= 0.6 is 23.2 Å². The lowest BCUT2D eigenvalue weighted by Crippen LogP contribution is -2.01. The fraction of sp³-hybridized carbons (Fsp3) is 0.250. The van der Waals surface area contributed by atoms with E-state index in [1.165, 1.54) is 12.1 Å². The second-order valence-corrected chi connectivity index (χ2v) is 5.42. The lowest BCUT2D eigenvalue weighted by atomic mass is 10.2. The fourth-order valence-electron chi connectivity index (χ4n) is 1.83. The summed E-state index contributed by atoms with van der Waals surface area (Å²) in [5.74, 6) is 0.241. The molecule has 21 heavy (non-hydrogen) atoms. The van der Waals surface area contributed by atoms with E-state index in [-0.39, 0.29) is 10.0 Å². The summed E-state index contributed by atoms with van der Waals surface area (Å²) in [5.41, 5.74) is 1.73. The molecule has 112 valence electrons. The molecule has 0 amide bonds. The number of anilines is 1. The maximum atomic E-state index is 13.3. The number of nitrogens with one attached hydrogen (secondary N) is 1. The van der Waals surface area contributed by atoms with Gasteiger partial charge in [0.15, 0.2) is 5.82 Å². The average molecular weight is 328 g/mol. The van der Waals surface area contributed by atoms with Crippen LogP contribution in [0.3, 0.4) is 0 Å². The molecular weight excluding hydrogens is 312 g/mol. The fourth-order valence-corrected chi connectivity index (χ4v) is 2.31. The summed E-state index contributed by atoms with van der Waals surface area (Å²) in [4.78, 5) is 0. The summed E-state index contributed by atoms with van der Waals surface area (Å²) in [5, 5.41) is 3.17. The van der Waals surface area contributed by atoms with Crippen LogP contribution in [0.2, 0.25) is 10.0 Å². The molecule has 0 spiro atoms. The summed E-state index contributed by atoms with van der Waals surface area (Å²) in [6, 6.07) is 10.8. The monoisotopic (exact) mass is 327 g/mol. The summed E-state index contributed by atoms with van der Waals surface area (Å²) in [6.07, 6.45) is 0.967. The van der Waals surface area contributed by atoms with Crippen molar-refractivity contribution in [2.45, 2.75) is 19.9 Å². The van der Waals surface area contributed by atoms with Gasteiger partial charge in [0.05, 0.1) is 16.7 Å². The van der Waals surface area contributed by atoms with E-state index in [1.807, 2.05) is 24.3 Å². The first-order valence-corrected chi connectivity index (χ1v) is 7.46. The van der Waals surface area contributed by atoms with Gasteiger partial charge in [0, 0.05) is 12.2 Å². The molecule has 0 saturated carbocycles. The number of hydrogen-bond acceptors (Lipinski definition) is 2. The van der Waals surface area contributed by atoms with Gasteiger partial charge in [0.1, 0.15) is 5.75 Å². The predicted octanol–water partition coefficient (Wildman–Crippen LogP) is 5.53. The summed E-state index contributed by atoms with van der Waals surface area (Å²) >= 11 is 11.5. The topological polar surface area (TPSA) is 21.3 Å². The van der Waals surface area contributed by atoms with Crippen LogP contribution in [-0.4, -0.2) is 6.61 Å². The first-order valence-electron chi connectivity index (χ1n) is 6.70. The van der Waals surface area contributed by atoms with Gasteiger partial charge in [-0.25, -0.2) is 4.39 Å². The van der Waals surface area contributed by atoms with Crippen molar-refractivity contribution in [2.24, 2.45) is 0 Å². The number of ether oxygens (including phenoxy) is 1. The Morgan fingerprint density at radius 3 is 2.52 bits per heavy atom. The van der Waals surface area contributed by atoms with Crippen molar-refractivity contribution in [3.05, 3.63) is 57.8 Å². The van der Waals surface area contributed by atoms with Crippen molar-refractivity contribution in [2.75, 3.05) is 11.9 Å². The lowest BCUT2D eigenvalue weighted by molar-refractivity contribution is 0.317. The third kappa shape index (κ3) is 4.51. The number of hydrogen-bond donors (Lipinski definition) is 1. The molecule has 1 N–H and O–H groups in total. The van der Waals surface area contributed by atoms with Gasteiger partial charge >= 0.3 is 0 Å². The lowest BCUT2D eigenvalue weighted by Gasteiger charge is -2.10. The van der Waals surface area contributed by atoms with Crippen LogP contribution in [0.5, 0.6) is 5.75 Å². The molecular formula is C16H16Cl2FNO. The van der Waals surface area contributed by atoms with Crippen LogP contribution in [0, 0.1) is 5.82 Å². The van der Waals surface area contributed by atoms with E-state index in [0.717, 1.165) is 17.7 Å². The maximum Gasteiger partial charge on any atom is 0.160 e. The second-order valence-electron chi connectivity index (χ2n) is 4.60. The molecule has 0 aliphatic carbocycles. The zero-order valence-electron chi connectivity index (χ0n) is 11.6. The van der Waals surface area contributed by atoms with Gasteiger partial charge in [0.25, 0.3) is 0 Å². The maximum absolute atomic E-state index is 13.3. The molecule has 5 heteroatoms. The summed E-state index contributed by atoms with van der Waals surface area (Å²) < 4.78 is 18.9. The Kier molecular flexibility index (Phi) is 5.71. The Hall–Kier alpha value is -1.45. The minimum Gasteiger partial charge on any atom is -0.494 e. The Labute approximate surface area is 133 Å². The SMILES string of the molecule is CCCOc1cccc(CNc2cc(Cl)c(F)c(Cl)c2)c1. The van der Waals surface area contributed by atoms with E-state index in [1.54, 1.807) is 0 Å². The molecule has 0 aliphatic rings. The number of halogens is 3. The van der Waals surface area contributed by atoms with Crippen LogP contribution in [0.15, 0.2) is 36.4 Å². The van der Waals surface area contributed by atoms with Gasteiger partial charge in [-0.1, -0.05) is 42.3 Å². The van der Waals surface area contributed by atoms with Crippen LogP contribution < -0.4 is 10.1 Å². The molecule has 0 atom stereocenters. The highest BCUT2D eigenvalue weighted by molar-refractivity contribution is 6.35. The molecule has 0 aromatic heterocycles. The minimum atomic E-state index is -0.598. The Balaban J connectivity index is 2.03. The van der Waals surface area contributed by atoms with E-state index in [0.29, 0.717) is 18.8 Å². The standard InChI is InChI=1S/C16H16Cl2FNO/c1-2-6-21-13-5-3-4-11(7-13)10-20-12-8-14(17)16(19)15(18)9-12/h3-5,7-9,20H,2,6,10H2,1H3. The molecule has 0 heterocycles. The highest BCUT2D eigenvalue weighted by atomic mass is 35.5. The molecule has 2 aromatic rings. The quantitative estimate of drug-likeness (QED) is 0.704. The van der Waals surface area contributed by atoms with Gasteiger partial charge < -0.3 is 10.1 Å². The molecule has 0 radical (unpaired) electrons. The average Bonchev–Trinajstić information content (AvgIpc) is 2.49. The largest absolute Gasteiger partial charge is 0.494 e. The Morgan fingerprint density at radius 2 is 1.86 bits per heavy atom. The Bertz CT molecular complexity index is 596. The van der Waals surface area contributed by atoms with Crippen LogP contribution in [0.4, 0.5) is 10.1 Å². The van der Waals surface area contributed by atoms with Gasteiger partial charge in [-0.15, -0.1) is 0 Å². The Morgan fingerprint density at radius 1 is 1.14 bits per heavy atom. The van der Waals surface area contributed by atoms with Crippen molar-refractivity contribution >= 4 is 28.9 Å². The van der Waals surface area contributed by atoms with E-state index in [2.05, 4.69) is 12.2 Å². The molecule has 0 saturated heterocycles. The molecule has 0 fully saturated rings. The van der Waals surface area contributed by atoms with E-state index >= 15 is 0 Å². The van der Waals surface area contributed by atoms with Crippen molar-refractivity contribution in [1.82, 2.24) is 0 Å². The molecule has 0 unspecified atom stereocenters. The smallest absolute Gasteiger partial charge is 0.160 e. The second kappa shape index (κ2) is 7.53. The molecule has 2 rings (SSSR count). The van der Waals surface area contributed by atoms with Crippen LogP contribution in [-0.2, 0) is 6.54 Å². The zero-order valence-corrected chi connectivity index (χ0v) is 13.1. The number of rotatable bonds is 6. The van der Waals surface area contributed by atoms with Gasteiger partial charge in [0.2, 0.25) is 0 Å². The van der Waals surface area contributed by atoms with Crippen molar-refractivity contribution < 1.29 is 9.13 Å². The van der Waals surface area contributed by atoms with Gasteiger partial charge in [-0.05, 0) is 36.2 Å². The molecule has 2 nitrogen and oxygen atoms in total. The van der Waals surface area contributed by atoms with E-state index in [4.69, 9.17) is 27.9 Å². The predicted molar refractivity (Wildman–Crippen MR) is 86.0 cm³/mol. The van der Waals surface area contributed by atoms with Gasteiger partial charge in [-0.2, -0.15) is 0 Å². The molecule has 0 bridgehead atoms. The van der Waals surface area contributed by atoms with Gasteiger partial charge in [-0.3, -0.25) is 0 Å². The highest BCUT2D eigenvalue weighted by Crippen LogP contribution is 2.27. The van der Waals surface area contributed by atoms with Crippen molar-refractivity contribution in [3.8, 4) is 5.75 Å². The first-order chi connectivity index (χ1) is 10.1. The van der Waals surface area contributed by atoms with E-state index < -0.39 is 5.82 Å². The van der Waals surface area contributed by atoms with Crippen LogP contribution in [0.25, 0.3) is 0 Å². The summed E-state index contributed by atoms with van der Waals surface area (Å²) in [7, 11) is 0. The molecule has 0 aliphatic heterocycles. The highest BCUT2D eigenvalue weighted by Gasteiger charge is 2.07. The van der Waals surface area contributed by atoms with E-state index in [9.17, 15) is 4.39 Å².